The van der Waals surface area contributed by atoms with Crippen LogP contribution in [0.25, 0.3) is 0 Å². The van der Waals surface area contributed by atoms with Crippen molar-refractivity contribution in [3.63, 3.8) is 0 Å². The molecule has 100 valence electrons. The first-order chi connectivity index (χ1) is 8.63. The number of hydrogen-bond donors (Lipinski definition) is 2. The van der Waals surface area contributed by atoms with E-state index < -0.39 is 0 Å². The van der Waals surface area contributed by atoms with E-state index in [0.29, 0.717) is 12.3 Å². The number of aliphatic hydroxyl groups excluding tert-OH is 1. The third-order valence-electron chi connectivity index (χ3n) is 3.85. The van der Waals surface area contributed by atoms with Gasteiger partial charge in [-0.25, -0.2) is 0 Å². The molecule has 1 fully saturated rings. The monoisotopic (exact) mass is 267 g/mol. The molecule has 0 radical (unpaired) electrons. The van der Waals surface area contributed by atoms with E-state index in [9.17, 15) is 9.90 Å². The molecule has 0 unspecified atom stereocenters. The Balaban J connectivity index is 1.91. The lowest BCUT2D eigenvalue weighted by Gasteiger charge is -2.38. The van der Waals surface area contributed by atoms with Gasteiger partial charge < -0.3 is 10.4 Å². The highest BCUT2D eigenvalue weighted by Gasteiger charge is 2.34. The molecule has 0 saturated heterocycles. The van der Waals surface area contributed by atoms with Crippen LogP contribution in [0, 0.1) is 5.92 Å². The Bertz CT molecular complexity index is 381. The van der Waals surface area contributed by atoms with Crippen LogP contribution in [0.4, 0.5) is 0 Å². The first kappa shape index (κ1) is 13.6. The molecule has 3 nitrogen and oxygen atoms in total. The number of amides is 1. The van der Waals surface area contributed by atoms with Gasteiger partial charge in [-0.3, -0.25) is 4.79 Å². The summed E-state index contributed by atoms with van der Waals surface area (Å²) in [6.45, 7) is 2.28. The fourth-order valence-electron chi connectivity index (χ4n) is 2.55. The smallest absolute Gasteiger partial charge is 0.225 e. The van der Waals surface area contributed by atoms with Gasteiger partial charge in [-0.15, -0.1) is 11.3 Å². The molecule has 2 N–H and O–H groups in total. The van der Waals surface area contributed by atoms with Gasteiger partial charge in [0.05, 0.1) is 18.6 Å². The van der Waals surface area contributed by atoms with Gasteiger partial charge in [-0.1, -0.05) is 13.0 Å². The molecule has 0 bridgehead atoms. The number of thiophene rings is 1. The van der Waals surface area contributed by atoms with Crippen molar-refractivity contribution in [2.75, 3.05) is 6.61 Å². The number of rotatable bonds is 4. The third-order valence-corrected chi connectivity index (χ3v) is 4.73. The summed E-state index contributed by atoms with van der Waals surface area (Å²) in [5.41, 5.74) is -0.374. The van der Waals surface area contributed by atoms with Crippen molar-refractivity contribution in [2.24, 2.45) is 5.92 Å². The summed E-state index contributed by atoms with van der Waals surface area (Å²) in [5.74, 6) is 0.736. The third kappa shape index (κ3) is 3.33. The molecule has 0 atom stereocenters. The lowest BCUT2D eigenvalue weighted by Crippen LogP contribution is -2.53. The van der Waals surface area contributed by atoms with Gasteiger partial charge >= 0.3 is 0 Å². The molecule has 1 aromatic rings. The van der Waals surface area contributed by atoms with Crippen molar-refractivity contribution in [1.29, 1.82) is 0 Å². The summed E-state index contributed by atoms with van der Waals surface area (Å²) in [7, 11) is 0. The van der Waals surface area contributed by atoms with Crippen LogP contribution in [-0.4, -0.2) is 23.2 Å². The Kier molecular flexibility index (Phi) is 4.40. The molecule has 1 amide bonds. The zero-order valence-electron chi connectivity index (χ0n) is 10.8. The highest BCUT2D eigenvalue weighted by molar-refractivity contribution is 7.10. The van der Waals surface area contributed by atoms with Crippen LogP contribution < -0.4 is 5.32 Å². The molecule has 2 rings (SSSR count). The summed E-state index contributed by atoms with van der Waals surface area (Å²) in [4.78, 5) is 13.1. The molecule has 0 aliphatic heterocycles. The van der Waals surface area contributed by atoms with Crippen LogP contribution in [0.5, 0.6) is 0 Å². The summed E-state index contributed by atoms with van der Waals surface area (Å²) in [6, 6.07) is 3.93. The van der Waals surface area contributed by atoms with Crippen molar-refractivity contribution in [1.82, 2.24) is 5.32 Å². The fraction of sp³-hybridized carbons (Fsp3) is 0.643. The number of carbonyl (C=O) groups is 1. The Morgan fingerprint density at radius 2 is 2.28 bits per heavy atom. The second kappa shape index (κ2) is 5.85. The maximum Gasteiger partial charge on any atom is 0.225 e. The first-order valence-electron chi connectivity index (χ1n) is 6.58. The second-order valence-electron chi connectivity index (χ2n) is 5.43. The average molecular weight is 267 g/mol. The molecule has 1 saturated carbocycles. The van der Waals surface area contributed by atoms with Gasteiger partial charge in [0.1, 0.15) is 0 Å². The molecule has 18 heavy (non-hydrogen) atoms. The van der Waals surface area contributed by atoms with E-state index >= 15 is 0 Å². The van der Waals surface area contributed by atoms with Crippen molar-refractivity contribution < 1.29 is 9.90 Å². The fourth-order valence-corrected chi connectivity index (χ4v) is 3.25. The molecule has 0 spiro atoms. The Morgan fingerprint density at radius 3 is 2.83 bits per heavy atom. The average Bonchev–Trinajstić information content (AvgIpc) is 2.85. The number of nitrogens with one attached hydrogen (secondary N) is 1. The molecular formula is C14H21NO2S. The van der Waals surface area contributed by atoms with Crippen LogP contribution in [0.3, 0.4) is 0 Å². The Hall–Kier alpha value is -0.870. The molecule has 1 aliphatic carbocycles. The molecule has 1 aromatic heterocycles. The maximum absolute atomic E-state index is 12.0. The summed E-state index contributed by atoms with van der Waals surface area (Å²) < 4.78 is 0. The van der Waals surface area contributed by atoms with Gasteiger partial charge in [-0.05, 0) is 43.0 Å². The molecule has 1 heterocycles. The van der Waals surface area contributed by atoms with Crippen LogP contribution in [0.1, 0.15) is 37.5 Å². The van der Waals surface area contributed by atoms with E-state index in [1.807, 2.05) is 17.5 Å². The van der Waals surface area contributed by atoms with Crippen LogP contribution in [0.15, 0.2) is 17.5 Å². The van der Waals surface area contributed by atoms with Crippen LogP contribution in [0.2, 0.25) is 0 Å². The van der Waals surface area contributed by atoms with Crippen molar-refractivity contribution in [3.8, 4) is 0 Å². The highest BCUT2D eigenvalue weighted by atomic mass is 32.1. The van der Waals surface area contributed by atoms with E-state index in [2.05, 4.69) is 12.2 Å². The minimum Gasteiger partial charge on any atom is -0.394 e. The largest absolute Gasteiger partial charge is 0.394 e. The SMILES string of the molecule is CC1CCC(CO)(NC(=O)Cc2cccs2)CC1. The Labute approximate surface area is 112 Å². The zero-order chi connectivity index (χ0) is 13.0. The molecule has 1 aliphatic rings. The van der Waals surface area contributed by atoms with E-state index in [-0.39, 0.29) is 18.1 Å². The first-order valence-corrected chi connectivity index (χ1v) is 7.46. The number of aliphatic hydroxyl groups is 1. The number of carbonyl (C=O) groups excluding carboxylic acids is 1. The minimum atomic E-state index is -0.374. The van der Waals surface area contributed by atoms with Crippen LogP contribution >= 0.6 is 11.3 Å². The van der Waals surface area contributed by atoms with E-state index in [0.717, 1.165) is 30.6 Å². The zero-order valence-corrected chi connectivity index (χ0v) is 11.6. The normalized spacial score (nSPS) is 28.0. The quantitative estimate of drug-likeness (QED) is 0.880. The second-order valence-corrected chi connectivity index (χ2v) is 6.46. The van der Waals surface area contributed by atoms with Gasteiger partial charge in [-0.2, -0.15) is 0 Å². The lowest BCUT2D eigenvalue weighted by molar-refractivity contribution is -0.123. The van der Waals surface area contributed by atoms with Crippen molar-refractivity contribution in [3.05, 3.63) is 22.4 Å². The van der Waals surface area contributed by atoms with Crippen LogP contribution in [-0.2, 0) is 11.2 Å². The topological polar surface area (TPSA) is 49.3 Å². The van der Waals surface area contributed by atoms with E-state index in [1.165, 1.54) is 0 Å². The molecule has 4 heteroatoms. The predicted octanol–water partition coefficient (Wildman–Crippen LogP) is 2.35. The van der Waals surface area contributed by atoms with Gasteiger partial charge in [0.15, 0.2) is 0 Å². The van der Waals surface area contributed by atoms with Gasteiger partial charge in [0, 0.05) is 4.88 Å². The lowest BCUT2D eigenvalue weighted by atomic mass is 9.77. The maximum atomic E-state index is 12.0. The van der Waals surface area contributed by atoms with Gasteiger partial charge in [0.25, 0.3) is 0 Å². The standard InChI is InChI=1S/C14H21NO2S/c1-11-4-6-14(10-16,7-5-11)15-13(17)9-12-3-2-8-18-12/h2-3,8,11,16H,4-7,9-10H2,1H3,(H,15,17). The Morgan fingerprint density at radius 1 is 1.56 bits per heavy atom. The predicted molar refractivity (Wildman–Crippen MR) is 73.6 cm³/mol. The van der Waals surface area contributed by atoms with Gasteiger partial charge in [0.2, 0.25) is 5.91 Å². The van der Waals surface area contributed by atoms with E-state index in [1.54, 1.807) is 11.3 Å². The number of hydrogen-bond acceptors (Lipinski definition) is 3. The molecular weight excluding hydrogens is 246 g/mol. The summed E-state index contributed by atoms with van der Waals surface area (Å²) in [5, 5.41) is 14.6. The summed E-state index contributed by atoms with van der Waals surface area (Å²) >= 11 is 1.60. The van der Waals surface area contributed by atoms with E-state index in [4.69, 9.17) is 0 Å². The molecule has 0 aromatic carbocycles. The highest BCUT2D eigenvalue weighted by Crippen LogP contribution is 2.31. The van der Waals surface area contributed by atoms with Crippen molar-refractivity contribution >= 4 is 17.2 Å². The minimum absolute atomic E-state index is 0.0288. The summed E-state index contributed by atoms with van der Waals surface area (Å²) in [6.07, 6.45) is 4.37. The van der Waals surface area contributed by atoms with Crippen molar-refractivity contribution in [2.45, 2.75) is 44.6 Å².